The molecule has 2 nitrogen and oxygen atoms in total. The molecule has 136 valence electrons. The second kappa shape index (κ2) is 6.50. The van der Waals surface area contributed by atoms with Crippen LogP contribution in [-0.2, 0) is 0 Å². The van der Waals surface area contributed by atoms with Crippen molar-refractivity contribution in [1.82, 2.24) is 4.98 Å². The van der Waals surface area contributed by atoms with Gasteiger partial charge in [-0.3, -0.25) is 0 Å². The second-order valence-electron chi connectivity index (χ2n) is 7.38. The van der Waals surface area contributed by atoms with Crippen molar-refractivity contribution in [3.8, 4) is 0 Å². The van der Waals surface area contributed by atoms with E-state index in [2.05, 4.69) is 84.8 Å². The van der Waals surface area contributed by atoms with E-state index >= 15 is 0 Å². The third-order valence-corrected chi connectivity index (χ3v) is 5.60. The smallest absolute Gasteiger partial charge is 0.211 e. The van der Waals surface area contributed by atoms with Crippen molar-refractivity contribution in [3.05, 3.63) is 99.7 Å². The zero-order chi connectivity index (χ0) is 19.3. The Morgan fingerprint density at radius 2 is 1.64 bits per heavy atom. The van der Waals surface area contributed by atoms with Crippen molar-refractivity contribution in [3.63, 3.8) is 0 Å². The molecule has 4 aromatic rings. The van der Waals surface area contributed by atoms with Crippen molar-refractivity contribution in [2.24, 2.45) is 0 Å². The van der Waals surface area contributed by atoms with Crippen LogP contribution in [0.1, 0.15) is 27.8 Å². The summed E-state index contributed by atoms with van der Waals surface area (Å²) in [4.78, 5) is 6.88. The average Bonchev–Trinajstić information content (AvgIpc) is 3.28. The molecule has 0 saturated heterocycles. The van der Waals surface area contributed by atoms with Crippen LogP contribution in [0.2, 0.25) is 5.02 Å². The summed E-state index contributed by atoms with van der Waals surface area (Å²) in [5, 5.41) is 1.97. The molecular formula is C25H20ClN2+. The first-order chi connectivity index (χ1) is 13.6. The molecule has 0 radical (unpaired) electrons. The first-order valence-electron chi connectivity index (χ1n) is 9.39. The maximum absolute atomic E-state index is 6.18. The Morgan fingerprint density at radius 1 is 0.893 bits per heavy atom. The van der Waals surface area contributed by atoms with Crippen molar-refractivity contribution < 1.29 is 4.99 Å². The fraction of sp³-hybridized carbons (Fsp3) is 0.0800. The van der Waals surface area contributed by atoms with Gasteiger partial charge >= 0.3 is 0 Å². The molecule has 0 bridgehead atoms. The zero-order valence-corrected chi connectivity index (χ0v) is 16.6. The van der Waals surface area contributed by atoms with Gasteiger partial charge in [-0.15, -0.1) is 0 Å². The molecule has 1 aliphatic rings. The molecule has 0 saturated carbocycles. The van der Waals surface area contributed by atoms with Crippen LogP contribution < -0.4 is 4.99 Å². The highest BCUT2D eigenvalue weighted by Crippen LogP contribution is 2.38. The number of halogens is 1. The van der Waals surface area contributed by atoms with Crippen LogP contribution in [0.25, 0.3) is 22.0 Å². The number of benzene rings is 3. The molecule has 0 spiro atoms. The van der Waals surface area contributed by atoms with Crippen LogP contribution in [0.3, 0.4) is 0 Å². The lowest BCUT2D eigenvalue weighted by atomic mass is 9.89. The molecule has 3 aromatic carbocycles. The Bertz CT molecular complexity index is 1270. The molecule has 2 heterocycles. The second-order valence-corrected chi connectivity index (χ2v) is 7.82. The van der Waals surface area contributed by atoms with Gasteiger partial charge in [0.05, 0.1) is 11.1 Å². The molecule has 0 fully saturated rings. The third kappa shape index (κ3) is 2.78. The number of nitrogens with one attached hydrogen (secondary N) is 2. The molecule has 0 aliphatic carbocycles. The van der Waals surface area contributed by atoms with Gasteiger partial charge in [0.15, 0.2) is 6.21 Å². The fourth-order valence-corrected chi connectivity index (χ4v) is 4.08. The van der Waals surface area contributed by atoms with E-state index in [1.54, 1.807) is 0 Å². The van der Waals surface area contributed by atoms with E-state index in [4.69, 9.17) is 11.6 Å². The lowest BCUT2D eigenvalue weighted by Crippen LogP contribution is -2.58. The third-order valence-electron chi connectivity index (χ3n) is 5.35. The van der Waals surface area contributed by atoms with Gasteiger partial charge in [-0.2, -0.15) is 0 Å². The van der Waals surface area contributed by atoms with Crippen LogP contribution in [0.15, 0.2) is 66.9 Å². The summed E-state index contributed by atoms with van der Waals surface area (Å²) in [6.07, 6.45) is 4.23. The summed E-state index contributed by atoms with van der Waals surface area (Å²) in [7, 11) is 0. The van der Waals surface area contributed by atoms with Gasteiger partial charge in [0.25, 0.3) is 0 Å². The number of H-pyrrole nitrogens is 1. The van der Waals surface area contributed by atoms with Crippen molar-refractivity contribution in [2.45, 2.75) is 13.8 Å². The number of hydrogen-bond acceptors (Lipinski definition) is 0. The SMILES string of the molecule is Cc1ccc2c(c1)C(=C(c1ccc(Cl)cc1)c1c[nH]c3ccc(C)cc13)C=[NH+]2. The van der Waals surface area contributed by atoms with E-state index in [1.165, 1.54) is 38.8 Å². The number of allylic oxidation sites excluding steroid dienone is 1. The molecule has 1 aliphatic heterocycles. The van der Waals surface area contributed by atoms with Crippen molar-refractivity contribution in [2.75, 3.05) is 0 Å². The molecule has 5 rings (SSSR count). The topological polar surface area (TPSA) is 29.8 Å². The molecule has 0 atom stereocenters. The monoisotopic (exact) mass is 383 g/mol. The van der Waals surface area contributed by atoms with Crippen LogP contribution in [0.4, 0.5) is 5.69 Å². The van der Waals surface area contributed by atoms with Crippen LogP contribution in [0.5, 0.6) is 0 Å². The Hall–Kier alpha value is -3.10. The van der Waals surface area contributed by atoms with Gasteiger partial charge in [-0.1, -0.05) is 47.0 Å². The van der Waals surface area contributed by atoms with Gasteiger partial charge < -0.3 is 4.98 Å². The predicted molar refractivity (Wildman–Crippen MR) is 118 cm³/mol. The quantitative estimate of drug-likeness (QED) is 0.477. The number of aromatic amines is 1. The van der Waals surface area contributed by atoms with Gasteiger partial charge in [0.1, 0.15) is 0 Å². The minimum absolute atomic E-state index is 0.743. The van der Waals surface area contributed by atoms with E-state index < -0.39 is 0 Å². The molecule has 28 heavy (non-hydrogen) atoms. The highest BCUT2D eigenvalue weighted by atomic mass is 35.5. The lowest BCUT2D eigenvalue weighted by Gasteiger charge is -2.11. The number of aromatic nitrogens is 1. The Labute approximate surface area is 169 Å². The number of rotatable bonds is 2. The van der Waals surface area contributed by atoms with Gasteiger partial charge in [0.2, 0.25) is 5.69 Å². The number of hydrogen-bond donors (Lipinski definition) is 2. The molecule has 1 aromatic heterocycles. The summed E-state index contributed by atoms with van der Waals surface area (Å²) in [6.45, 7) is 4.26. The maximum Gasteiger partial charge on any atom is 0.211 e. The van der Waals surface area contributed by atoms with Gasteiger partial charge in [-0.25, -0.2) is 4.99 Å². The van der Waals surface area contributed by atoms with E-state index in [9.17, 15) is 0 Å². The summed E-state index contributed by atoms with van der Waals surface area (Å²) in [5.74, 6) is 0. The van der Waals surface area contributed by atoms with E-state index in [1.807, 2.05) is 12.1 Å². The Morgan fingerprint density at radius 3 is 2.46 bits per heavy atom. The maximum atomic E-state index is 6.18. The average molecular weight is 384 g/mol. The molecule has 0 amide bonds. The fourth-order valence-electron chi connectivity index (χ4n) is 3.96. The Kier molecular flexibility index (Phi) is 3.96. The zero-order valence-electron chi connectivity index (χ0n) is 15.8. The first-order valence-corrected chi connectivity index (χ1v) is 9.77. The molecule has 2 N–H and O–H groups in total. The largest absolute Gasteiger partial charge is 0.361 e. The summed E-state index contributed by atoms with van der Waals surface area (Å²) >= 11 is 6.18. The van der Waals surface area contributed by atoms with Crippen molar-refractivity contribution in [1.29, 1.82) is 0 Å². The Balaban J connectivity index is 1.85. The highest BCUT2D eigenvalue weighted by molar-refractivity contribution is 6.30. The summed E-state index contributed by atoms with van der Waals surface area (Å²) in [6, 6.07) is 21.2. The highest BCUT2D eigenvalue weighted by Gasteiger charge is 2.25. The van der Waals surface area contributed by atoms with Crippen LogP contribution in [-0.4, -0.2) is 11.2 Å². The van der Waals surface area contributed by atoms with Gasteiger partial charge in [-0.05, 0) is 49.7 Å². The first kappa shape index (κ1) is 17.0. The normalized spacial score (nSPS) is 14.5. The molecular weight excluding hydrogens is 364 g/mol. The predicted octanol–water partition coefficient (Wildman–Crippen LogP) is 5.19. The minimum atomic E-state index is 0.743. The van der Waals surface area contributed by atoms with Crippen molar-refractivity contribution >= 4 is 45.6 Å². The van der Waals surface area contributed by atoms with Gasteiger partial charge in [0, 0.05) is 39.3 Å². The lowest BCUT2D eigenvalue weighted by molar-refractivity contribution is -0.342. The summed E-state index contributed by atoms with van der Waals surface area (Å²) in [5.41, 5.74) is 10.8. The molecule has 0 unspecified atom stereocenters. The molecule has 3 heteroatoms. The standard InChI is InChI=1S/C25H19ClN2/c1-15-3-9-23-19(11-15)21(13-27-23)25(17-5-7-18(26)8-6-17)22-14-28-24-10-4-16(2)12-20(22)24/h3-14,27H,1-2H3/p+1. The van der Waals surface area contributed by atoms with Crippen LogP contribution >= 0.6 is 11.6 Å². The number of fused-ring (bicyclic) bond motifs is 2. The van der Waals surface area contributed by atoms with E-state index in [0.717, 1.165) is 21.8 Å². The summed E-state index contributed by atoms with van der Waals surface area (Å²) < 4.78 is 0. The minimum Gasteiger partial charge on any atom is -0.361 e. The van der Waals surface area contributed by atoms with Crippen LogP contribution in [0, 0.1) is 13.8 Å². The van der Waals surface area contributed by atoms with E-state index in [0.29, 0.717) is 0 Å². The number of aryl methyl sites for hydroxylation is 2. The van der Waals surface area contributed by atoms with E-state index in [-0.39, 0.29) is 0 Å².